The molecule has 1 aromatic rings. The van der Waals surface area contributed by atoms with Crippen molar-refractivity contribution in [3.63, 3.8) is 0 Å². The Hall–Kier alpha value is -2.05. The zero-order chi connectivity index (χ0) is 17.8. The summed E-state index contributed by atoms with van der Waals surface area (Å²) in [6.45, 7) is 3.99. The van der Waals surface area contributed by atoms with Crippen molar-refractivity contribution in [1.29, 1.82) is 0 Å². The third kappa shape index (κ3) is 2.36. The van der Waals surface area contributed by atoms with Crippen molar-refractivity contribution in [2.45, 2.75) is 56.9 Å². The summed E-state index contributed by atoms with van der Waals surface area (Å²) in [4.78, 5) is 14.6. The molecule has 0 unspecified atom stereocenters. The van der Waals surface area contributed by atoms with Gasteiger partial charge in [-0.3, -0.25) is 9.69 Å². The molecule has 5 rings (SSSR count). The van der Waals surface area contributed by atoms with Gasteiger partial charge in [0.25, 0.3) is 0 Å². The zero-order valence-electron chi connectivity index (χ0n) is 14.8. The largest absolute Gasteiger partial charge is 0.459 e. The molecule has 3 aliphatic heterocycles. The van der Waals surface area contributed by atoms with Crippen molar-refractivity contribution < 1.29 is 24.1 Å². The standard InChI is InChI=1S/C20H23NO5/c1-2-3-17(23)26-20-14(22)6-11-4-5-21-9-12-7-15-16(25-10-24-15)8-13(12)18(20)19(11)21/h6-8,14,18-20,22H,2-5,9-10H2,1H3/t14-,18-,19+,20+/m0/s1. The van der Waals surface area contributed by atoms with Crippen molar-refractivity contribution in [2.24, 2.45) is 0 Å². The molecule has 26 heavy (non-hydrogen) atoms. The molecule has 0 amide bonds. The highest BCUT2D eigenvalue weighted by Crippen LogP contribution is 2.50. The molecule has 3 heterocycles. The first-order chi connectivity index (χ1) is 12.7. The SMILES string of the molecule is CCCC(=O)O[C@H]1[C@H]2c3cc4c(cc3CN3CCC(=C[C@@H]1O)[C@H]23)OCO4. The molecule has 0 radical (unpaired) electrons. The Morgan fingerprint density at radius 3 is 2.96 bits per heavy atom. The quantitative estimate of drug-likeness (QED) is 0.660. The Bertz CT molecular complexity index is 789. The lowest BCUT2D eigenvalue weighted by molar-refractivity contribution is -0.157. The van der Waals surface area contributed by atoms with E-state index in [2.05, 4.69) is 4.90 Å². The molecule has 4 aliphatic rings. The topological polar surface area (TPSA) is 68.2 Å². The number of aliphatic hydroxyl groups excluding tert-OH is 1. The van der Waals surface area contributed by atoms with Crippen LogP contribution in [0.3, 0.4) is 0 Å². The van der Waals surface area contributed by atoms with Gasteiger partial charge in [0.05, 0.1) is 0 Å². The van der Waals surface area contributed by atoms with E-state index in [9.17, 15) is 9.90 Å². The Labute approximate surface area is 152 Å². The van der Waals surface area contributed by atoms with Crippen LogP contribution in [0.5, 0.6) is 11.5 Å². The van der Waals surface area contributed by atoms with Crippen LogP contribution in [-0.4, -0.2) is 47.6 Å². The molecule has 138 valence electrons. The predicted molar refractivity (Wildman–Crippen MR) is 93.0 cm³/mol. The summed E-state index contributed by atoms with van der Waals surface area (Å²) in [5.74, 6) is 1.19. The van der Waals surface area contributed by atoms with E-state index in [-0.39, 0.29) is 24.7 Å². The average molecular weight is 357 g/mol. The highest BCUT2D eigenvalue weighted by atomic mass is 16.7. The first-order valence-electron chi connectivity index (χ1n) is 9.40. The number of hydrogen-bond acceptors (Lipinski definition) is 6. The molecule has 0 saturated carbocycles. The number of fused-ring (bicyclic) bond motifs is 3. The molecule has 6 heteroatoms. The fourth-order valence-corrected chi connectivity index (χ4v) is 4.89. The van der Waals surface area contributed by atoms with Crippen LogP contribution in [0, 0.1) is 0 Å². The second-order valence-corrected chi connectivity index (χ2v) is 7.53. The lowest BCUT2D eigenvalue weighted by Gasteiger charge is -2.45. The van der Waals surface area contributed by atoms with Crippen LogP contribution in [0.4, 0.5) is 0 Å². The van der Waals surface area contributed by atoms with E-state index in [0.717, 1.165) is 43.0 Å². The van der Waals surface area contributed by atoms with E-state index in [1.807, 2.05) is 25.1 Å². The van der Waals surface area contributed by atoms with Gasteiger partial charge < -0.3 is 19.3 Å². The molecule has 1 aromatic carbocycles. The minimum Gasteiger partial charge on any atom is -0.459 e. The number of rotatable bonds is 3. The molecule has 1 N–H and O–H groups in total. The number of carbonyl (C=O) groups is 1. The van der Waals surface area contributed by atoms with Gasteiger partial charge in [0, 0.05) is 31.5 Å². The third-order valence-electron chi connectivity index (χ3n) is 5.97. The van der Waals surface area contributed by atoms with Crippen LogP contribution >= 0.6 is 0 Å². The van der Waals surface area contributed by atoms with Gasteiger partial charge in [-0.25, -0.2) is 0 Å². The minimum atomic E-state index is -0.775. The Morgan fingerprint density at radius 2 is 2.15 bits per heavy atom. The number of carbonyl (C=O) groups excluding carboxylic acids is 1. The van der Waals surface area contributed by atoms with Gasteiger partial charge >= 0.3 is 5.97 Å². The highest BCUT2D eigenvalue weighted by molar-refractivity contribution is 5.70. The predicted octanol–water partition coefficient (Wildman–Crippen LogP) is 2.10. The van der Waals surface area contributed by atoms with Crippen LogP contribution < -0.4 is 9.47 Å². The maximum Gasteiger partial charge on any atom is 0.306 e. The minimum absolute atomic E-state index is 0.0773. The summed E-state index contributed by atoms with van der Waals surface area (Å²) in [6.07, 6.45) is 2.62. The van der Waals surface area contributed by atoms with Gasteiger partial charge in [-0.05, 0) is 36.1 Å². The van der Waals surface area contributed by atoms with Crippen LogP contribution in [0.15, 0.2) is 23.8 Å². The normalized spacial score (nSPS) is 31.2. The maximum atomic E-state index is 12.2. The number of ether oxygens (including phenoxy) is 3. The lowest BCUT2D eigenvalue weighted by atomic mass is 9.73. The van der Waals surface area contributed by atoms with Crippen molar-refractivity contribution in [1.82, 2.24) is 4.90 Å². The van der Waals surface area contributed by atoms with Crippen molar-refractivity contribution in [3.8, 4) is 11.5 Å². The molecule has 1 fully saturated rings. The van der Waals surface area contributed by atoms with Gasteiger partial charge in [0.2, 0.25) is 6.79 Å². The van der Waals surface area contributed by atoms with E-state index in [1.165, 1.54) is 11.1 Å². The highest BCUT2D eigenvalue weighted by Gasteiger charge is 2.50. The number of esters is 1. The Morgan fingerprint density at radius 1 is 1.35 bits per heavy atom. The zero-order valence-corrected chi connectivity index (χ0v) is 14.8. The van der Waals surface area contributed by atoms with Gasteiger partial charge in [-0.1, -0.05) is 18.6 Å². The fourth-order valence-electron chi connectivity index (χ4n) is 4.89. The van der Waals surface area contributed by atoms with Crippen molar-refractivity contribution >= 4 is 5.97 Å². The molecular formula is C20H23NO5. The summed E-state index contributed by atoms with van der Waals surface area (Å²) >= 11 is 0. The number of aliphatic hydroxyl groups is 1. The first kappa shape index (κ1) is 16.1. The summed E-state index contributed by atoms with van der Waals surface area (Å²) in [5.41, 5.74) is 3.53. The van der Waals surface area contributed by atoms with Crippen molar-refractivity contribution in [2.75, 3.05) is 13.3 Å². The van der Waals surface area contributed by atoms with Gasteiger partial charge in [-0.2, -0.15) is 0 Å². The number of nitrogens with zero attached hydrogens (tertiary/aromatic N) is 1. The van der Waals surface area contributed by atoms with E-state index in [4.69, 9.17) is 14.2 Å². The second-order valence-electron chi connectivity index (χ2n) is 7.53. The Balaban J connectivity index is 1.59. The number of benzene rings is 1. The third-order valence-corrected chi connectivity index (χ3v) is 5.97. The van der Waals surface area contributed by atoms with Crippen LogP contribution in [-0.2, 0) is 16.1 Å². The summed E-state index contributed by atoms with van der Waals surface area (Å²) in [5, 5.41) is 10.7. The molecular weight excluding hydrogens is 334 g/mol. The average Bonchev–Trinajstić information content (AvgIpc) is 3.23. The fraction of sp³-hybridized carbons (Fsp3) is 0.550. The van der Waals surface area contributed by atoms with Crippen LogP contribution in [0.2, 0.25) is 0 Å². The second kappa shape index (κ2) is 5.99. The van der Waals surface area contributed by atoms with Gasteiger partial charge in [0.1, 0.15) is 12.2 Å². The van der Waals surface area contributed by atoms with Gasteiger partial charge in [-0.15, -0.1) is 0 Å². The van der Waals surface area contributed by atoms with Crippen LogP contribution in [0.1, 0.15) is 43.2 Å². The Kier molecular flexibility index (Phi) is 3.72. The summed E-state index contributed by atoms with van der Waals surface area (Å²) in [6, 6.07) is 4.25. The molecule has 4 atom stereocenters. The van der Waals surface area contributed by atoms with E-state index < -0.39 is 12.2 Å². The smallest absolute Gasteiger partial charge is 0.306 e. The molecule has 1 aliphatic carbocycles. The van der Waals surface area contributed by atoms with E-state index in [1.54, 1.807) is 0 Å². The molecule has 0 spiro atoms. The molecule has 6 nitrogen and oxygen atoms in total. The first-order valence-corrected chi connectivity index (χ1v) is 9.40. The summed E-state index contributed by atoms with van der Waals surface area (Å²) in [7, 11) is 0. The lowest BCUT2D eigenvalue weighted by Crippen LogP contribution is -2.51. The molecule has 1 saturated heterocycles. The molecule has 0 bridgehead atoms. The molecule has 0 aromatic heterocycles. The number of hydrogen-bond donors (Lipinski definition) is 1. The maximum absolute atomic E-state index is 12.2. The van der Waals surface area contributed by atoms with Crippen LogP contribution in [0.25, 0.3) is 0 Å². The van der Waals surface area contributed by atoms with E-state index in [0.29, 0.717) is 6.42 Å². The van der Waals surface area contributed by atoms with Crippen molar-refractivity contribution in [3.05, 3.63) is 34.9 Å². The monoisotopic (exact) mass is 357 g/mol. The van der Waals surface area contributed by atoms with Gasteiger partial charge in [0.15, 0.2) is 11.5 Å². The van der Waals surface area contributed by atoms with E-state index >= 15 is 0 Å². The summed E-state index contributed by atoms with van der Waals surface area (Å²) < 4.78 is 16.9.